The minimum absolute atomic E-state index is 0. The van der Waals surface area contributed by atoms with Crippen molar-refractivity contribution in [3.63, 3.8) is 0 Å². The molecule has 0 aliphatic heterocycles. The second-order valence-electron chi connectivity index (χ2n) is 4.44. The number of carbonyl (C=O) groups excluding carboxylic acids is 2. The monoisotopic (exact) mass is 264 g/mol. The van der Waals surface area contributed by atoms with Crippen LogP contribution in [0.4, 0.5) is 0 Å². The summed E-state index contributed by atoms with van der Waals surface area (Å²) in [6.07, 6.45) is 4.44. The Bertz CT molecular complexity index is 278. The third kappa shape index (κ3) is 4.16. The summed E-state index contributed by atoms with van der Waals surface area (Å²) in [5.41, 5.74) is 5.22. The molecule has 0 radical (unpaired) electrons. The number of methoxy groups -OCH3 is 1. The molecule has 1 fully saturated rings. The van der Waals surface area contributed by atoms with Crippen LogP contribution in [0.1, 0.15) is 39.0 Å². The van der Waals surface area contributed by atoms with Crippen molar-refractivity contribution < 1.29 is 14.3 Å². The first-order valence-electron chi connectivity index (χ1n) is 5.67. The molecule has 0 unspecified atom stereocenters. The van der Waals surface area contributed by atoms with Crippen LogP contribution < -0.4 is 11.1 Å². The fourth-order valence-corrected chi connectivity index (χ4v) is 1.99. The van der Waals surface area contributed by atoms with Crippen LogP contribution in [0.2, 0.25) is 0 Å². The Morgan fingerprint density at radius 2 is 1.82 bits per heavy atom. The quantitative estimate of drug-likeness (QED) is 0.737. The lowest BCUT2D eigenvalue weighted by atomic mass is 9.82. The molecule has 0 bridgehead atoms. The van der Waals surface area contributed by atoms with Gasteiger partial charge in [-0.05, 0) is 19.8 Å². The molecule has 100 valence electrons. The number of esters is 1. The highest BCUT2D eigenvalue weighted by Crippen LogP contribution is 2.26. The van der Waals surface area contributed by atoms with E-state index in [-0.39, 0.29) is 18.3 Å². The van der Waals surface area contributed by atoms with Crippen molar-refractivity contribution in [2.24, 2.45) is 5.73 Å². The molecular formula is C11H21ClN2O3. The molecule has 17 heavy (non-hydrogen) atoms. The maximum absolute atomic E-state index is 11.9. The number of nitrogens with one attached hydrogen (secondary N) is 1. The number of halogens is 1. The predicted molar refractivity (Wildman–Crippen MR) is 66.9 cm³/mol. The van der Waals surface area contributed by atoms with Gasteiger partial charge in [-0.2, -0.15) is 0 Å². The van der Waals surface area contributed by atoms with Crippen molar-refractivity contribution in [3.05, 3.63) is 0 Å². The molecule has 1 aliphatic rings. The molecule has 0 aromatic heterocycles. The molecule has 1 saturated carbocycles. The number of hydrogen-bond acceptors (Lipinski definition) is 4. The Hall–Kier alpha value is -0.810. The van der Waals surface area contributed by atoms with Gasteiger partial charge in [0.15, 0.2) is 0 Å². The van der Waals surface area contributed by atoms with Gasteiger partial charge in [0.05, 0.1) is 12.6 Å². The number of ether oxygens (including phenoxy) is 1. The van der Waals surface area contributed by atoms with E-state index in [1.54, 1.807) is 6.92 Å². The van der Waals surface area contributed by atoms with E-state index in [0.29, 0.717) is 12.8 Å². The average Bonchev–Trinajstić information content (AvgIpc) is 2.28. The van der Waals surface area contributed by atoms with Gasteiger partial charge >= 0.3 is 5.97 Å². The number of amides is 1. The van der Waals surface area contributed by atoms with Gasteiger partial charge < -0.3 is 15.8 Å². The first-order chi connectivity index (χ1) is 7.49. The average molecular weight is 265 g/mol. The van der Waals surface area contributed by atoms with E-state index >= 15 is 0 Å². The van der Waals surface area contributed by atoms with Crippen molar-refractivity contribution in [1.29, 1.82) is 0 Å². The van der Waals surface area contributed by atoms with E-state index in [1.165, 1.54) is 7.11 Å². The second-order valence-corrected chi connectivity index (χ2v) is 4.44. The van der Waals surface area contributed by atoms with Gasteiger partial charge in [-0.1, -0.05) is 19.3 Å². The first-order valence-corrected chi connectivity index (χ1v) is 5.67. The Kier molecular flexibility index (Phi) is 6.49. The second kappa shape index (κ2) is 6.81. The number of rotatable bonds is 3. The molecule has 6 heteroatoms. The van der Waals surface area contributed by atoms with E-state index in [0.717, 1.165) is 19.3 Å². The van der Waals surface area contributed by atoms with E-state index in [4.69, 9.17) is 5.73 Å². The van der Waals surface area contributed by atoms with E-state index in [1.807, 2.05) is 0 Å². The van der Waals surface area contributed by atoms with Crippen LogP contribution in [-0.2, 0) is 14.3 Å². The first kappa shape index (κ1) is 16.2. The molecule has 3 N–H and O–H groups in total. The smallest absolute Gasteiger partial charge is 0.328 e. The molecular weight excluding hydrogens is 244 g/mol. The van der Waals surface area contributed by atoms with Gasteiger partial charge in [-0.25, -0.2) is 4.79 Å². The Morgan fingerprint density at radius 1 is 1.29 bits per heavy atom. The minimum atomic E-state index is -0.805. The zero-order valence-electron chi connectivity index (χ0n) is 10.3. The zero-order chi connectivity index (χ0) is 12.2. The van der Waals surface area contributed by atoms with E-state index in [2.05, 4.69) is 10.1 Å². The maximum Gasteiger partial charge on any atom is 0.328 e. The Morgan fingerprint density at radius 3 is 2.29 bits per heavy atom. The van der Waals surface area contributed by atoms with E-state index in [9.17, 15) is 9.59 Å². The van der Waals surface area contributed by atoms with Gasteiger partial charge in [0.1, 0.15) is 6.04 Å². The SMILES string of the molecule is COC(=O)[C@H](C)NC(=O)C1(N)CCCCC1.Cl. The highest BCUT2D eigenvalue weighted by atomic mass is 35.5. The lowest BCUT2D eigenvalue weighted by Crippen LogP contribution is -2.57. The summed E-state index contributed by atoms with van der Waals surface area (Å²) in [4.78, 5) is 23.1. The van der Waals surface area contributed by atoms with Crippen LogP contribution in [-0.4, -0.2) is 30.6 Å². The predicted octanol–water partition coefficient (Wildman–Crippen LogP) is 0.747. The van der Waals surface area contributed by atoms with Crippen molar-refractivity contribution in [2.75, 3.05) is 7.11 Å². The lowest BCUT2D eigenvalue weighted by molar-refractivity contribution is -0.145. The molecule has 1 rings (SSSR count). The van der Waals surface area contributed by atoms with Crippen molar-refractivity contribution in [3.8, 4) is 0 Å². The Balaban J connectivity index is 0.00000256. The summed E-state index contributed by atoms with van der Waals surface area (Å²) >= 11 is 0. The van der Waals surface area contributed by atoms with Crippen molar-refractivity contribution in [1.82, 2.24) is 5.32 Å². The molecule has 0 heterocycles. The van der Waals surface area contributed by atoms with Crippen molar-refractivity contribution in [2.45, 2.75) is 50.6 Å². The normalized spacial score (nSPS) is 19.7. The van der Waals surface area contributed by atoms with Crippen LogP contribution in [0, 0.1) is 0 Å². The van der Waals surface area contributed by atoms with Crippen LogP contribution >= 0.6 is 12.4 Å². The van der Waals surface area contributed by atoms with Gasteiger partial charge in [-0.15, -0.1) is 12.4 Å². The molecule has 5 nitrogen and oxygen atoms in total. The number of nitrogens with two attached hydrogens (primary N) is 1. The summed E-state index contributed by atoms with van der Waals surface area (Å²) in [7, 11) is 1.30. The summed E-state index contributed by atoms with van der Waals surface area (Å²) < 4.78 is 4.54. The summed E-state index contributed by atoms with van der Waals surface area (Å²) in [5.74, 6) is -0.696. The topological polar surface area (TPSA) is 81.4 Å². The number of carbonyl (C=O) groups is 2. The summed E-state index contributed by atoms with van der Waals surface area (Å²) in [5, 5.41) is 2.60. The largest absolute Gasteiger partial charge is 0.467 e. The lowest BCUT2D eigenvalue weighted by Gasteiger charge is -2.32. The fraction of sp³-hybridized carbons (Fsp3) is 0.818. The molecule has 1 amide bonds. The Labute approximate surface area is 108 Å². The zero-order valence-corrected chi connectivity index (χ0v) is 11.1. The maximum atomic E-state index is 11.9. The molecule has 0 aromatic rings. The third-order valence-corrected chi connectivity index (χ3v) is 3.10. The molecule has 0 spiro atoms. The molecule has 1 aliphatic carbocycles. The molecule has 1 atom stereocenters. The standard InChI is InChI=1S/C11H20N2O3.ClH/c1-8(9(14)16-2)13-10(15)11(12)6-4-3-5-7-11;/h8H,3-7,12H2,1-2H3,(H,13,15);1H/t8-;/m0./s1. The highest BCUT2D eigenvalue weighted by Gasteiger charge is 2.36. The van der Waals surface area contributed by atoms with Crippen molar-refractivity contribution >= 4 is 24.3 Å². The van der Waals surface area contributed by atoms with Gasteiger partial charge in [-0.3, -0.25) is 4.79 Å². The summed E-state index contributed by atoms with van der Waals surface area (Å²) in [6, 6.07) is -0.639. The van der Waals surface area contributed by atoms with Gasteiger partial charge in [0.25, 0.3) is 0 Å². The van der Waals surface area contributed by atoms with Crippen LogP contribution in [0.5, 0.6) is 0 Å². The number of hydrogen-bond donors (Lipinski definition) is 2. The van der Waals surface area contributed by atoms with Gasteiger partial charge in [0.2, 0.25) is 5.91 Å². The van der Waals surface area contributed by atoms with Crippen LogP contribution in [0.15, 0.2) is 0 Å². The third-order valence-electron chi connectivity index (χ3n) is 3.10. The molecule has 0 aromatic carbocycles. The van der Waals surface area contributed by atoms with Gasteiger partial charge in [0, 0.05) is 0 Å². The fourth-order valence-electron chi connectivity index (χ4n) is 1.99. The van der Waals surface area contributed by atoms with E-state index < -0.39 is 17.6 Å². The highest BCUT2D eigenvalue weighted by molar-refractivity contribution is 5.90. The minimum Gasteiger partial charge on any atom is -0.467 e. The summed E-state index contributed by atoms with van der Waals surface area (Å²) in [6.45, 7) is 1.59. The van der Waals surface area contributed by atoms with Crippen LogP contribution in [0.3, 0.4) is 0 Å². The molecule has 0 saturated heterocycles. The van der Waals surface area contributed by atoms with Crippen LogP contribution in [0.25, 0.3) is 0 Å².